The summed E-state index contributed by atoms with van der Waals surface area (Å²) >= 11 is 5.87. The molecule has 0 saturated heterocycles. The lowest BCUT2D eigenvalue weighted by Gasteiger charge is -2.08. The van der Waals surface area contributed by atoms with Gasteiger partial charge in [0.15, 0.2) is 0 Å². The molecule has 0 aromatic heterocycles. The molecule has 1 fully saturated rings. The van der Waals surface area contributed by atoms with Crippen molar-refractivity contribution in [1.82, 2.24) is 0 Å². The largest absolute Gasteiger partial charge is 0.366 e. The molecule has 2 atom stereocenters. The van der Waals surface area contributed by atoms with E-state index in [0.717, 1.165) is 12.0 Å². The van der Waals surface area contributed by atoms with Gasteiger partial charge >= 0.3 is 0 Å². The number of benzene rings is 2. The molecule has 2 aromatic rings. The van der Waals surface area contributed by atoms with Crippen molar-refractivity contribution in [3.8, 4) is 0 Å². The lowest BCUT2D eigenvalue weighted by molar-refractivity contribution is -0.117. The van der Waals surface area contributed by atoms with Gasteiger partial charge in [-0.1, -0.05) is 35.9 Å². The van der Waals surface area contributed by atoms with Gasteiger partial charge in [-0.3, -0.25) is 9.59 Å². The summed E-state index contributed by atoms with van der Waals surface area (Å²) < 4.78 is 0. The Balaban J connectivity index is 1.69. The van der Waals surface area contributed by atoms with E-state index in [0.29, 0.717) is 16.3 Å². The van der Waals surface area contributed by atoms with Gasteiger partial charge in [0.1, 0.15) is 0 Å². The summed E-state index contributed by atoms with van der Waals surface area (Å²) in [4.78, 5) is 23.7. The molecule has 0 aliphatic heterocycles. The summed E-state index contributed by atoms with van der Waals surface area (Å²) in [6.07, 6.45) is 0.798. The number of primary amides is 1. The molecule has 5 heteroatoms. The van der Waals surface area contributed by atoms with E-state index in [9.17, 15) is 9.59 Å². The van der Waals surface area contributed by atoms with Crippen molar-refractivity contribution < 1.29 is 9.59 Å². The quantitative estimate of drug-likeness (QED) is 0.909. The molecule has 4 nitrogen and oxygen atoms in total. The molecule has 2 aromatic carbocycles. The fourth-order valence-electron chi connectivity index (χ4n) is 2.60. The minimum absolute atomic E-state index is 0.0814. The molecule has 112 valence electrons. The molecule has 0 radical (unpaired) electrons. The van der Waals surface area contributed by atoms with Crippen molar-refractivity contribution >= 4 is 29.1 Å². The highest BCUT2D eigenvalue weighted by molar-refractivity contribution is 6.30. The number of hydrogen-bond acceptors (Lipinski definition) is 2. The Morgan fingerprint density at radius 2 is 1.77 bits per heavy atom. The first-order chi connectivity index (χ1) is 10.6. The third kappa shape index (κ3) is 2.97. The van der Waals surface area contributed by atoms with Gasteiger partial charge in [0, 0.05) is 10.9 Å². The van der Waals surface area contributed by atoms with E-state index in [1.54, 1.807) is 24.3 Å². The van der Waals surface area contributed by atoms with Crippen molar-refractivity contribution in [3.05, 3.63) is 64.7 Å². The zero-order chi connectivity index (χ0) is 15.7. The Hall–Kier alpha value is -2.33. The third-order valence-corrected chi connectivity index (χ3v) is 4.13. The number of carbonyl (C=O) groups is 2. The zero-order valence-corrected chi connectivity index (χ0v) is 12.5. The van der Waals surface area contributed by atoms with Crippen LogP contribution >= 0.6 is 11.6 Å². The smallest absolute Gasteiger partial charge is 0.250 e. The van der Waals surface area contributed by atoms with E-state index in [-0.39, 0.29) is 17.7 Å². The molecule has 1 aliphatic carbocycles. The minimum Gasteiger partial charge on any atom is -0.366 e. The second-order valence-electron chi connectivity index (χ2n) is 5.40. The summed E-state index contributed by atoms with van der Waals surface area (Å²) in [5.74, 6) is -0.519. The lowest BCUT2D eigenvalue weighted by atomic mass is 10.1. The van der Waals surface area contributed by atoms with Gasteiger partial charge in [-0.15, -0.1) is 0 Å². The normalized spacial score (nSPS) is 19.5. The molecule has 3 rings (SSSR count). The van der Waals surface area contributed by atoms with Gasteiger partial charge in [-0.25, -0.2) is 0 Å². The number of anilines is 1. The fraction of sp³-hybridized carbons (Fsp3) is 0.176. The average Bonchev–Trinajstić information content (AvgIpc) is 3.29. The molecule has 0 bridgehead atoms. The van der Waals surface area contributed by atoms with Crippen molar-refractivity contribution in [2.75, 3.05) is 5.32 Å². The molecule has 2 unspecified atom stereocenters. The molecular formula is C17H15ClN2O2. The van der Waals surface area contributed by atoms with E-state index >= 15 is 0 Å². The summed E-state index contributed by atoms with van der Waals surface area (Å²) in [5, 5.41) is 3.48. The molecule has 3 N–H and O–H groups in total. The summed E-state index contributed by atoms with van der Waals surface area (Å²) in [6.45, 7) is 0. The highest BCUT2D eigenvalue weighted by Gasteiger charge is 2.44. The van der Waals surface area contributed by atoms with Crippen molar-refractivity contribution in [2.45, 2.75) is 12.3 Å². The maximum absolute atomic E-state index is 12.3. The molecule has 22 heavy (non-hydrogen) atoms. The van der Waals surface area contributed by atoms with Crippen LogP contribution in [0.2, 0.25) is 5.02 Å². The highest BCUT2D eigenvalue weighted by Crippen LogP contribution is 2.48. The van der Waals surface area contributed by atoms with Gasteiger partial charge in [0.05, 0.1) is 11.3 Å². The monoisotopic (exact) mass is 314 g/mol. The number of carbonyl (C=O) groups excluding carboxylic acids is 2. The molecule has 0 spiro atoms. The van der Waals surface area contributed by atoms with Gasteiger partial charge in [0.2, 0.25) is 5.91 Å². The number of para-hydroxylation sites is 1. The van der Waals surface area contributed by atoms with E-state index in [2.05, 4.69) is 5.32 Å². The molecular weight excluding hydrogens is 300 g/mol. The van der Waals surface area contributed by atoms with Crippen LogP contribution < -0.4 is 11.1 Å². The van der Waals surface area contributed by atoms with E-state index in [1.807, 2.05) is 24.3 Å². The third-order valence-electron chi connectivity index (χ3n) is 3.88. The van der Waals surface area contributed by atoms with Crippen LogP contribution in [-0.2, 0) is 4.79 Å². The Morgan fingerprint density at radius 1 is 1.09 bits per heavy atom. The van der Waals surface area contributed by atoms with Crippen LogP contribution in [0.4, 0.5) is 5.69 Å². The Kier molecular flexibility index (Phi) is 3.86. The van der Waals surface area contributed by atoms with Crippen molar-refractivity contribution in [3.63, 3.8) is 0 Å². The topological polar surface area (TPSA) is 72.2 Å². The van der Waals surface area contributed by atoms with E-state index in [1.165, 1.54) is 0 Å². The average molecular weight is 315 g/mol. The zero-order valence-electron chi connectivity index (χ0n) is 11.8. The summed E-state index contributed by atoms with van der Waals surface area (Å²) in [7, 11) is 0. The number of nitrogens with two attached hydrogens (primary N) is 1. The van der Waals surface area contributed by atoms with Crippen LogP contribution in [0.1, 0.15) is 28.3 Å². The van der Waals surface area contributed by atoms with Gasteiger partial charge in [-0.05, 0) is 42.2 Å². The number of halogens is 1. The van der Waals surface area contributed by atoms with Crippen molar-refractivity contribution in [1.29, 1.82) is 0 Å². The van der Waals surface area contributed by atoms with Gasteiger partial charge in [0.25, 0.3) is 5.91 Å². The van der Waals surface area contributed by atoms with Crippen LogP contribution in [0.3, 0.4) is 0 Å². The Labute approximate surface area is 133 Å². The summed E-state index contributed by atoms with van der Waals surface area (Å²) in [6, 6.07) is 14.3. The van der Waals surface area contributed by atoms with Gasteiger partial charge in [-0.2, -0.15) is 0 Å². The molecule has 1 saturated carbocycles. The predicted molar refractivity (Wildman–Crippen MR) is 85.9 cm³/mol. The summed E-state index contributed by atoms with van der Waals surface area (Å²) in [5.41, 5.74) is 7.20. The molecule has 0 heterocycles. The van der Waals surface area contributed by atoms with Crippen LogP contribution in [0, 0.1) is 5.92 Å². The predicted octanol–water partition coefficient (Wildman–Crippen LogP) is 3.18. The SMILES string of the molecule is NC(=O)c1ccccc1NC(=O)C1CC1c1ccc(Cl)cc1. The standard InChI is InChI=1S/C17H15ClN2O2/c18-11-7-5-10(6-8-11)13-9-14(13)17(22)20-15-4-2-1-3-12(15)16(19)21/h1-8,13-14H,9H2,(H2,19,21)(H,20,22). The van der Waals surface area contributed by atoms with Crippen LogP contribution in [0.25, 0.3) is 0 Å². The fourth-order valence-corrected chi connectivity index (χ4v) is 2.72. The Bertz CT molecular complexity index is 728. The first-order valence-corrected chi connectivity index (χ1v) is 7.39. The number of rotatable bonds is 4. The second kappa shape index (κ2) is 5.81. The molecule has 2 amide bonds. The lowest BCUT2D eigenvalue weighted by Crippen LogP contribution is -2.19. The number of amides is 2. The Morgan fingerprint density at radius 3 is 2.45 bits per heavy atom. The maximum Gasteiger partial charge on any atom is 0.250 e. The van der Waals surface area contributed by atoms with E-state index in [4.69, 9.17) is 17.3 Å². The molecule has 1 aliphatic rings. The number of nitrogens with one attached hydrogen (secondary N) is 1. The van der Waals surface area contributed by atoms with Crippen LogP contribution in [0.15, 0.2) is 48.5 Å². The minimum atomic E-state index is -0.555. The first kappa shape index (κ1) is 14.6. The highest BCUT2D eigenvalue weighted by atomic mass is 35.5. The van der Waals surface area contributed by atoms with Crippen molar-refractivity contribution in [2.24, 2.45) is 11.7 Å². The maximum atomic E-state index is 12.3. The second-order valence-corrected chi connectivity index (χ2v) is 5.84. The van der Waals surface area contributed by atoms with Crippen LogP contribution in [0.5, 0.6) is 0 Å². The number of hydrogen-bond donors (Lipinski definition) is 2. The first-order valence-electron chi connectivity index (χ1n) is 7.01. The van der Waals surface area contributed by atoms with E-state index < -0.39 is 5.91 Å². The van der Waals surface area contributed by atoms with Gasteiger partial charge < -0.3 is 11.1 Å². The van der Waals surface area contributed by atoms with Crippen LogP contribution in [-0.4, -0.2) is 11.8 Å².